The quantitative estimate of drug-likeness (QED) is 0.0320. The number of aliphatic hydroxyl groups excluding tert-OH is 12. The Labute approximate surface area is 622 Å². The van der Waals surface area contributed by atoms with Gasteiger partial charge in [0.15, 0.2) is 0 Å². The Morgan fingerprint density at radius 3 is 0.462 bits per heavy atom. The predicted octanol–water partition coefficient (Wildman–Crippen LogP) is 8.56. The van der Waals surface area contributed by atoms with Gasteiger partial charge < -0.3 is 104 Å². The zero-order valence-electron chi connectivity index (χ0n) is 63.5. The molecule has 602 valence electrons. The summed E-state index contributed by atoms with van der Waals surface area (Å²) in [5.74, 6) is 3.04. The van der Waals surface area contributed by atoms with Crippen LogP contribution in [0.15, 0.2) is 0 Å². The molecule has 0 saturated heterocycles. The van der Waals surface area contributed by atoms with Crippen molar-refractivity contribution >= 4 is 0 Å². The number of hydrogen-bond donors (Lipinski definition) is 12. The van der Waals surface area contributed by atoms with Crippen LogP contribution in [0.4, 0.5) is 0 Å². The van der Waals surface area contributed by atoms with Crippen LogP contribution >= 0.6 is 0 Å². The van der Waals surface area contributed by atoms with Gasteiger partial charge in [0.25, 0.3) is 0 Å². The van der Waals surface area contributed by atoms with Crippen molar-refractivity contribution in [1.29, 1.82) is 0 Å². The highest BCUT2D eigenvalue weighted by Gasteiger charge is 2.50. The van der Waals surface area contributed by atoms with Gasteiger partial charge in [0.05, 0.1) is 128 Å². The van der Waals surface area contributed by atoms with E-state index in [0.29, 0.717) is 193 Å². The summed E-state index contributed by atoms with van der Waals surface area (Å²) in [5.41, 5.74) is 0.120. The van der Waals surface area contributed by atoms with E-state index < -0.39 is 73.2 Å². The van der Waals surface area contributed by atoms with Gasteiger partial charge in [0.1, 0.15) is 0 Å². The van der Waals surface area contributed by atoms with Crippen molar-refractivity contribution in [1.82, 2.24) is 0 Å². The van der Waals surface area contributed by atoms with Crippen LogP contribution in [-0.4, -0.2) is 249 Å². The molecular formula is C83H144O21. The average molecular weight is 1480 g/mol. The second-order valence-electron chi connectivity index (χ2n) is 37.5. The van der Waals surface area contributed by atoms with E-state index in [9.17, 15) is 61.3 Å². The van der Waals surface area contributed by atoms with E-state index >= 15 is 0 Å². The van der Waals surface area contributed by atoms with Crippen LogP contribution in [0.2, 0.25) is 0 Å². The summed E-state index contributed by atoms with van der Waals surface area (Å²) < 4.78 is 61.2. The molecule has 18 unspecified atom stereocenters. The van der Waals surface area contributed by atoms with Crippen LogP contribution in [0.25, 0.3) is 0 Å². The first-order valence-corrected chi connectivity index (χ1v) is 42.8. The van der Waals surface area contributed by atoms with E-state index in [1.165, 1.54) is 0 Å². The summed E-state index contributed by atoms with van der Waals surface area (Å²) in [6, 6.07) is 0. The minimum atomic E-state index is -0.511. The highest BCUT2D eigenvalue weighted by molar-refractivity contribution is 5.00. The lowest BCUT2D eigenvalue weighted by Crippen LogP contribution is -2.47. The highest BCUT2D eigenvalue weighted by Crippen LogP contribution is 2.57. The van der Waals surface area contributed by atoms with E-state index in [1.807, 2.05) is 0 Å². The van der Waals surface area contributed by atoms with Crippen molar-refractivity contribution in [2.45, 2.75) is 386 Å². The molecule has 18 atom stereocenters. The number of aliphatic hydroxyl groups is 12. The van der Waals surface area contributed by atoms with Crippen LogP contribution < -0.4 is 0 Å². The maximum Gasteiger partial charge on any atom is 0.0603 e. The van der Waals surface area contributed by atoms with Crippen molar-refractivity contribution in [3.8, 4) is 0 Å². The smallest absolute Gasteiger partial charge is 0.0603 e. The fraction of sp³-hybridized carbons (Fsp3) is 1.00. The van der Waals surface area contributed by atoms with Crippen molar-refractivity contribution in [2.75, 3.05) is 59.5 Å². The van der Waals surface area contributed by atoms with E-state index in [0.717, 1.165) is 135 Å². The Morgan fingerprint density at radius 2 is 0.308 bits per heavy atom. The molecular weight excluding hydrogens is 1330 g/mol. The Kier molecular flexibility index (Phi) is 32.0. The van der Waals surface area contributed by atoms with Crippen LogP contribution in [0, 0.1) is 76.4 Å². The third-order valence-corrected chi connectivity index (χ3v) is 28.5. The Morgan fingerprint density at radius 1 is 0.173 bits per heavy atom. The first-order valence-electron chi connectivity index (χ1n) is 42.8. The van der Waals surface area contributed by atoms with Crippen LogP contribution in [0.5, 0.6) is 0 Å². The summed E-state index contributed by atoms with van der Waals surface area (Å²) in [5, 5.41) is 126. The molecule has 12 aliphatic rings. The lowest BCUT2D eigenvalue weighted by molar-refractivity contribution is -0.118. The van der Waals surface area contributed by atoms with Crippen molar-refractivity contribution < 1.29 is 104 Å². The second kappa shape index (κ2) is 40.3. The Balaban J connectivity index is 0.674. The molecule has 104 heavy (non-hydrogen) atoms. The molecule has 0 aromatic heterocycles. The van der Waals surface area contributed by atoms with Gasteiger partial charge in [-0.15, -0.1) is 0 Å². The summed E-state index contributed by atoms with van der Waals surface area (Å²) in [6.07, 6.45) is 24.9. The highest BCUT2D eigenvalue weighted by atomic mass is 16.5. The lowest BCUT2D eigenvalue weighted by Gasteiger charge is -2.54. The first kappa shape index (κ1) is 82.6. The van der Waals surface area contributed by atoms with Gasteiger partial charge in [-0.05, 0) is 327 Å². The number of rotatable bonds is 30. The summed E-state index contributed by atoms with van der Waals surface area (Å²) in [7, 11) is 0. The summed E-state index contributed by atoms with van der Waals surface area (Å²) in [6.45, 7) is 7.62. The largest absolute Gasteiger partial charge is 0.393 e. The first-order chi connectivity index (χ1) is 50.1. The zero-order chi connectivity index (χ0) is 72.9. The zero-order valence-corrected chi connectivity index (χ0v) is 63.5. The molecule has 0 spiro atoms. The fourth-order valence-electron chi connectivity index (χ4n) is 23.3. The molecule has 12 rings (SSSR count). The normalized spacial score (nSPS) is 46.6. The van der Waals surface area contributed by atoms with Gasteiger partial charge in [-0.2, -0.15) is 0 Å². The van der Waals surface area contributed by atoms with Crippen LogP contribution in [0.1, 0.15) is 257 Å². The molecule has 12 aliphatic carbocycles. The average Bonchev–Trinajstić information content (AvgIpc) is 0.761. The van der Waals surface area contributed by atoms with Crippen molar-refractivity contribution in [2.24, 2.45) is 76.4 Å². The molecule has 12 N–H and O–H groups in total. The van der Waals surface area contributed by atoms with E-state index in [1.54, 1.807) is 0 Å². The predicted molar refractivity (Wildman–Crippen MR) is 390 cm³/mol. The standard InChI is InChI=1S/C83H144O21/c1-83(59-2-8-74(9-3-59)96-47-56-26-77(99-41-50-14-62(84)32-63(85)15-50)38-78(27-56)100-42-51-16-64(86)33-65(87)17-51,60-4-10-75(11-5-60)97-48-57-28-79(101-43-52-18-66(88)34-67(89)19-52)39-80(29-57)102-44-53-20-68(90)35-69(91)21-53)61-6-12-76(13-7-61)98-49-58-30-81(103-45-54-22-70(92)36-71(93)23-54)40-82(31-58)104-46-55-24-72(94)37-73(95)25-55/h50-82,84-95H,2-49H2,1H3. The molecule has 0 aromatic carbocycles. The maximum absolute atomic E-state index is 10.5. The Hall–Kier alpha value is -0.840. The van der Waals surface area contributed by atoms with Gasteiger partial charge in [0, 0.05) is 59.5 Å². The second-order valence-corrected chi connectivity index (χ2v) is 37.5. The Bertz CT molecular complexity index is 2000. The monoisotopic (exact) mass is 1480 g/mol. The molecule has 0 amide bonds. The van der Waals surface area contributed by atoms with E-state index in [4.69, 9.17) is 42.6 Å². The lowest BCUT2D eigenvalue weighted by atomic mass is 9.52. The summed E-state index contributed by atoms with van der Waals surface area (Å²) >= 11 is 0. The van der Waals surface area contributed by atoms with Gasteiger partial charge in [-0.25, -0.2) is 0 Å². The molecule has 0 aromatic rings. The van der Waals surface area contributed by atoms with Gasteiger partial charge >= 0.3 is 0 Å². The molecule has 12 saturated carbocycles. The summed E-state index contributed by atoms with van der Waals surface area (Å²) in [4.78, 5) is 0. The molecule has 0 aliphatic heterocycles. The number of ether oxygens (including phenoxy) is 9. The van der Waals surface area contributed by atoms with Crippen LogP contribution in [0.3, 0.4) is 0 Å². The van der Waals surface area contributed by atoms with Gasteiger partial charge in [0.2, 0.25) is 0 Å². The molecule has 0 radical (unpaired) electrons. The maximum atomic E-state index is 10.5. The molecule has 21 heteroatoms. The van der Waals surface area contributed by atoms with Crippen molar-refractivity contribution in [3.63, 3.8) is 0 Å². The topological polar surface area (TPSA) is 326 Å². The third kappa shape index (κ3) is 25.3. The van der Waals surface area contributed by atoms with Gasteiger partial charge in [-0.1, -0.05) is 6.92 Å². The number of hydrogen-bond acceptors (Lipinski definition) is 21. The molecule has 12 fully saturated rings. The third-order valence-electron chi connectivity index (χ3n) is 28.5. The SMILES string of the molecule is CC(C1CCC(OCC2CC(OCC3CC(O)CC(O)C3)CC(OCC3CC(O)CC(O)C3)C2)CC1)(C1CCC(OCC2CC(OCC3CC(O)CC(O)C3)CC(OCC3CC(O)CC(O)C3)C2)CC1)C1CCC(OCC2CC(OCC3CC(O)CC(O)C3)CC(OCC3CC(O)CC(O)C3)C2)CC1. The minimum absolute atomic E-state index is 0.0263. The molecule has 0 bridgehead atoms. The van der Waals surface area contributed by atoms with E-state index in [2.05, 4.69) is 6.92 Å². The van der Waals surface area contributed by atoms with Crippen molar-refractivity contribution in [3.05, 3.63) is 0 Å². The van der Waals surface area contributed by atoms with E-state index in [-0.39, 0.29) is 114 Å². The van der Waals surface area contributed by atoms with Gasteiger partial charge in [-0.3, -0.25) is 0 Å². The molecule has 0 heterocycles. The minimum Gasteiger partial charge on any atom is -0.393 e. The van der Waals surface area contributed by atoms with Crippen LogP contribution in [-0.2, 0) is 42.6 Å². The fourth-order valence-corrected chi connectivity index (χ4v) is 23.3. The molecule has 21 nitrogen and oxygen atoms in total.